The van der Waals surface area contributed by atoms with Crippen molar-refractivity contribution in [1.82, 2.24) is 14.8 Å². The van der Waals surface area contributed by atoms with Crippen molar-refractivity contribution in [3.8, 4) is 0 Å². The van der Waals surface area contributed by atoms with Gasteiger partial charge in [0.1, 0.15) is 0 Å². The number of aliphatic hydroxyl groups excluding tert-OH is 1. The molecule has 0 bridgehead atoms. The first kappa shape index (κ1) is 15.3. The van der Waals surface area contributed by atoms with Crippen LogP contribution >= 0.6 is 27.7 Å². The van der Waals surface area contributed by atoms with E-state index in [1.54, 1.807) is 11.5 Å². The second kappa shape index (κ2) is 6.60. The first-order chi connectivity index (χ1) is 9.52. The molecule has 0 radical (unpaired) electrons. The Hall–Kier alpha value is -1.05. The molecule has 0 aliphatic rings. The van der Waals surface area contributed by atoms with Crippen molar-refractivity contribution in [1.29, 1.82) is 0 Å². The van der Waals surface area contributed by atoms with E-state index in [1.807, 2.05) is 25.1 Å². The SMILES string of the molecule is CCCn1c(Sc2ccc([C@H](C)O)cc2Br)n[nH]c1=O. The molecule has 0 fully saturated rings. The number of nitrogens with zero attached hydrogens (tertiary/aromatic N) is 2. The topological polar surface area (TPSA) is 70.9 Å². The summed E-state index contributed by atoms with van der Waals surface area (Å²) in [5.41, 5.74) is 0.653. The molecule has 0 spiro atoms. The molecule has 0 unspecified atom stereocenters. The quantitative estimate of drug-likeness (QED) is 0.862. The molecule has 0 saturated carbocycles. The average Bonchev–Trinajstić information content (AvgIpc) is 2.74. The van der Waals surface area contributed by atoms with Gasteiger partial charge in [0.15, 0.2) is 5.16 Å². The van der Waals surface area contributed by atoms with Crippen molar-refractivity contribution in [3.63, 3.8) is 0 Å². The molecular weight excluding hydrogens is 342 g/mol. The average molecular weight is 358 g/mol. The van der Waals surface area contributed by atoms with E-state index in [-0.39, 0.29) is 5.69 Å². The number of rotatable bonds is 5. The number of H-pyrrole nitrogens is 1. The standard InChI is InChI=1S/C13H16BrN3O2S/c1-3-6-17-12(19)15-16-13(17)20-11-5-4-9(8(2)18)7-10(11)14/h4-5,7-8,18H,3,6H2,1-2H3,(H,15,19)/t8-/m0/s1. The van der Waals surface area contributed by atoms with Crippen LogP contribution in [0, 0.1) is 0 Å². The number of hydrogen-bond acceptors (Lipinski definition) is 4. The Bertz CT molecular complexity index is 651. The summed E-state index contributed by atoms with van der Waals surface area (Å²) in [4.78, 5) is 12.6. The molecule has 0 amide bonds. The van der Waals surface area contributed by atoms with Gasteiger partial charge in [0, 0.05) is 15.9 Å². The van der Waals surface area contributed by atoms with E-state index < -0.39 is 6.10 Å². The number of halogens is 1. The zero-order valence-corrected chi connectivity index (χ0v) is 13.7. The first-order valence-corrected chi connectivity index (χ1v) is 7.94. The highest BCUT2D eigenvalue weighted by Crippen LogP contribution is 2.33. The lowest BCUT2D eigenvalue weighted by Crippen LogP contribution is -2.17. The Labute approximate surface area is 129 Å². The fraction of sp³-hybridized carbons (Fsp3) is 0.385. The summed E-state index contributed by atoms with van der Waals surface area (Å²) < 4.78 is 2.50. The predicted molar refractivity (Wildman–Crippen MR) is 82.0 cm³/mol. The van der Waals surface area contributed by atoms with Gasteiger partial charge in [-0.05, 0) is 58.7 Å². The Kier molecular flexibility index (Phi) is 5.06. The summed E-state index contributed by atoms with van der Waals surface area (Å²) >= 11 is 4.90. The Morgan fingerprint density at radius 3 is 2.90 bits per heavy atom. The summed E-state index contributed by atoms with van der Waals surface area (Å²) in [6, 6.07) is 5.65. The first-order valence-electron chi connectivity index (χ1n) is 6.33. The highest BCUT2D eigenvalue weighted by Gasteiger charge is 2.12. The second-order valence-electron chi connectivity index (χ2n) is 4.43. The molecule has 0 aliphatic carbocycles. The molecule has 108 valence electrons. The molecular formula is C13H16BrN3O2S. The number of benzene rings is 1. The van der Waals surface area contributed by atoms with E-state index in [9.17, 15) is 9.90 Å². The lowest BCUT2D eigenvalue weighted by Gasteiger charge is -2.09. The molecule has 1 heterocycles. The van der Waals surface area contributed by atoms with Gasteiger partial charge in [-0.15, -0.1) is 5.10 Å². The van der Waals surface area contributed by atoms with Gasteiger partial charge >= 0.3 is 5.69 Å². The van der Waals surface area contributed by atoms with Crippen LogP contribution in [-0.2, 0) is 6.54 Å². The lowest BCUT2D eigenvalue weighted by molar-refractivity contribution is 0.199. The summed E-state index contributed by atoms with van der Waals surface area (Å²) in [5.74, 6) is 0. The van der Waals surface area contributed by atoms with Gasteiger partial charge in [0.25, 0.3) is 0 Å². The van der Waals surface area contributed by atoms with Gasteiger partial charge in [0.2, 0.25) is 0 Å². The zero-order valence-electron chi connectivity index (χ0n) is 11.3. The monoisotopic (exact) mass is 357 g/mol. The van der Waals surface area contributed by atoms with Gasteiger partial charge in [-0.3, -0.25) is 4.57 Å². The Morgan fingerprint density at radius 1 is 1.55 bits per heavy atom. The van der Waals surface area contributed by atoms with Crippen molar-refractivity contribution in [2.45, 2.75) is 43.0 Å². The lowest BCUT2D eigenvalue weighted by atomic mass is 10.1. The maximum atomic E-state index is 11.6. The van der Waals surface area contributed by atoms with Crippen LogP contribution in [0.15, 0.2) is 37.5 Å². The Balaban J connectivity index is 2.28. The van der Waals surface area contributed by atoms with E-state index in [0.717, 1.165) is 21.4 Å². The maximum absolute atomic E-state index is 11.6. The molecule has 1 aromatic heterocycles. The van der Waals surface area contributed by atoms with Crippen molar-refractivity contribution in [3.05, 3.63) is 38.7 Å². The minimum atomic E-state index is -0.506. The highest BCUT2D eigenvalue weighted by molar-refractivity contribution is 9.10. The molecule has 0 aliphatic heterocycles. The molecule has 1 atom stereocenters. The van der Waals surface area contributed by atoms with E-state index in [0.29, 0.717) is 11.7 Å². The fourth-order valence-electron chi connectivity index (χ4n) is 1.76. The Morgan fingerprint density at radius 2 is 2.30 bits per heavy atom. The van der Waals surface area contributed by atoms with Crippen LogP contribution in [0.3, 0.4) is 0 Å². The number of hydrogen-bond donors (Lipinski definition) is 2. The summed E-state index contributed by atoms with van der Waals surface area (Å²) in [5, 5.41) is 16.7. The van der Waals surface area contributed by atoms with E-state index >= 15 is 0 Å². The molecule has 2 aromatic rings. The third-order valence-electron chi connectivity index (χ3n) is 2.81. The molecule has 1 aromatic carbocycles. The van der Waals surface area contributed by atoms with Gasteiger partial charge < -0.3 is 5.11 Å². The number of nitrogens with one attached hydrogen (secondary N) is 1. The van der Waals surface area contributed by atoms with E-state index in [4.69, 9.17) is 0 Å². The molecule has 5 nitrogen and oxygen atoms in total. The zero-order chi connectivity index (χ0) is 14.7. The predicted octanol–water partition coefficient (Wildman–Crippen LogP) is 2.95. The highest BCUT2D eigenvalue weighted by atomic mass is 79.9. The van der Waals surface area contributed by atoms with Crippen LogP contribution in [0.5, 0.6) is 0 Å². The smallest absolute Gasteiger partial charge is 0.343 e. The van der Waals surface area contributed by atoms with Crippen molar-refractivity contribution < 1.29 is 5.11 Å². The van der Waals surface area contributed by atoms with Crippen LogP contribution < -0.4 is 5.69 Å². The largest absolute Gasteiger partial charge is 0.389 e. The van der Waals surface area contributed by atoms with Crippen LogP contribution in [0.1, 0.15) is 31.9 Å². The summed E-state index contributed by atoms with van der Waals surface area (Å²) in [7, 11) is 0. The van der Waals surface area contributed by atoms with Gasteiger partial charge in [-0.1, -0.05) is 13.0 Å². The summed E-state index contributed by atoms with van der Waals surface area (Å²) in [6.45, 7) is 4.38. The minimum absolute atomic E-state index is 0.189. The fourth-order valence-corrected chi connectivity index (χ4v) is 3.26. The van der Waals surface area contributed by atoms with Gasteiger partial charge in [-0.25, -0.2) is 9.89 Å². The van der Waals surface area contributed by atoms with Crippen molar-refractivity contribution in [2.75, 3.05) is 0 Å². The third-order valence-corrected chi connectivity index (χ3v) is 4.80. The third kappa shape index (κ3) is 3.34. The number of aromatic amines is 1. The summed E-state index contributed by atoms with van der Waals surface area (Å²) in [6.07, 6.45) is 0.365. The second-order valence-corrected chi connectivity index (χ2v) is 6.29. The van der Waals surface area contributed by atoms with Crippen molar-refractivity contribution >= 4 is 27.7 Å². The van der Waals surface area contributed by atoms with Crippen LogP contribution in [-0.4, -0.2) is 19.9 Å². The maximum Gasteiger partial charge on any atom is 0.343 e. The van der Waals surface area contributed by atoms with Gasteiger partial charge in [0.05, 0.1) is 6.10 Å². The normalized spacial score (nSPS) is 12.6. The molecule has 2 N–H and O–H groups in total. The van der Waals surface area contributed by atoms with E-state index in [2.05, 4.69) is 26.1 Å². The van der Waals surface area contributed by atoms with Crippen LogP contribution in [0.4, 0.5) is 0 Å². The number of aliphatic hydroxyl groups is 1. The van der Waals surface area contributed by atoms with Crippen LogP contribution in [0.25, 0.3) is 0 Å². The molecule has 2 rings (SSSR count). The number of aromatic nitrogens is 3. The molecule has 0 saturated heterocycles. The minimum Gasteiger partial charge on any atom is -0.389 e. The molecule has 20 heavy (non-hydrogen) atoms. The van der Waals surface area contributed by atoms with E-state index in [1.165, 1.54) is 11.8 Å². The van der Waals surface area contributed by atoms with Crippen molar-refractivity contribution in [2.24, 2.45) is 0 Å². The van der Waals surface area contributed by atoms with Crippen LogP contribution in [0.2, 0.25) is 0 Å². The van der Waals surface area contributed by atoms with Gasteiger partial charge in [-0.2, -0.15) is 0 Å². The molecule has 7 heteroatoms.